The molecule has 156 valence electrons. The third kappa shape index (κ3) is 4.11. The highest BCUT2D eigenvalue weighted by atomic mass is 35.5. The van der Waals surface area contributed by atoms with Crippen LogP contribution in [0.5, 0.6) is 5.75 Å². The zero-order chi connectivity index (χ0) is 22.0. The van der Waals surface area contributed by atoms with Gasteiger partial charge in [0.05, 0.1) is 23.3 Å². The first-order valence-electron chi connectivity index (χ1n) is 9.70. The molecule has 3 aromatic rings. The van der Waals surface area contributed by atoms with Gasteiger partial charge in [0, 0.05) is 16.3 Å². The highest BCUT2D eigenvalue weighted by Crippen LogP contribution is 2.42. The van der Waals surface area contributed by atoms with Crippen LogP contribution in [0.4, 0.5) is 5.69 Å². The van der Waals surface area contributed by atoms with Crippen LogP contribution in [0.25, 0.3) is 5.57 Å². The second-order valence-electron chi connectivity index (χ2n) is 7.06. The number of thioether (sulfide) groups is 1. The Morgan fingerprint density at radius 3 is 2.35 bits per heavy atom. The number of para-hydroxylation sites is 1. The third-order valence-electron chi connectivity index (χ3n) is 5.06. The van der Waals surface area contributed by atoms with E-state index in [-0.39, 0.29) is 11.8 Å². The Kier molecular flexibility index (Phi) is 6.16. The number of ether oxygens (including phenoxy) is 1. The number of rotatable bonds is 6. The summed E-state index contributed by atoms with van der Waals surface area (Å²) in [5.41, 5.74) is 3.34. The average molecular weight is 450 g/mol. The molecule has 0 unspecified atom stereocenters. The van der Waals surface area contributed by atoms with Gasteiger partial charge in [-0.25, -0.2) is 4.90 Å². The molecule has 0 bridgehead atoms. The number of amides is 2. The number of nitrogens with zero attached hydrogens (tertiary/aromatic N) is 1. The highest BCUT2D eigenvalue weighted by Gasteiger charge is 2.41. The second-order valence-corrected chi connectivity index (χ2v) is 8.45. The number of methoxy groups -OCH3 is 1. The number of imide groups is 1. The minimum atomic E-state index is -0.384. The van der Waals surface area contributed by atoms with Gasteiger partial charge >= 0.3 is 0 Å². The first-order chi connectivity index (χ1) is 15.0. The summed E-state index contributed by atoms with van der Waals surface area (Å²) in [6, 6.07) is 22.3. The molecule has 0 fully saturated rings. The molecule has 3 aromatic carbocycles. The van der Waals surface area contributed by atoms with Gasteiger partial charge in [0.25, 0.3) is 11.8 Å². The number of carbonyl (C=O) groups excluding carboxylic acids is 2. The topological polar surface area (TPSA) is 46.6 Å². The monoisotopic (exact) mass is 449 g/mol. The quantitative estimate of drug-likeness (QED) is 0.441. The van der Waals surface area contributed by atoms with Crippen molar-refractivity contribution in [2.75, 3.05) is 12.0 Å². The lowest BCUT2D eigenvalue weighted by Gasteiger charge is -2.16. The lowest BCUT2D eigenvalue weighted by molar-refractivity contribution is -0.119. The summed E-state index contributed by atoms with van der Waals surface area (Å²) < 4.78 is 5.48. The van der Waals surface area contributed by atoms with Crippen LogP contribution in [0, 0.1) is 6.92 Å². The van der Waals surface area contributed by atoms with Crippen LogP contribution < -0.4 is 9.64 Å². The highest BCUT2D eigenvalue weighted by molar-refractivity contribution is 8.03. The Labute approximate surface area is 190 Å². The fraction of sp³-hybridized carbons (Fsp3) is 0.120. The average Bonchev–Trinajstić information content (AvgIpc) is 3.04. The minimum absolute atomic E-state index is 0.347. The minimum Gasteiger partial charge on any atom is -0.496 e. The maximum atomic E-state index is 13.5. The second kappa shape index (κ2) is 9.00. The molecule has 0 aliphatic carbocycles. The van der Waals surface area contributed by atoms with Crippen molar-refractivity contribution >= 4 is 46.4 Å². The van der Waals surface area contributed by atoms with E-state index in [1.54, 1.807) is 37.4 Å². The van der Waals surface area contributed by atoms with Gasteiger partial charge < -0.3 is 4.74 Å². The summed E-state index contributed by atoms with van der Waals surface area (Å²) in [6.45, 7) is 1.87. The normalized spacial score (nSPS) is 13.8. The summed E-state index contributed by atoms with van der Waals surface area (Å²) in [5, 5.41) is 0.502. The van der Waals surface area contributed by atoms with Gasteiger partial charge in [-0.15, -0.1) is 11.8 Å². The molecule has 0 saturated heterocycles. The third-order valence-corrected chi connectivity index (χ3v) is 6.61. The Morgan fingerprint density at radius 2 is 1.65 bits per heavy atom. The van der Waals surface area contributed by atoms with Crippen LogP contribution in [0.1, 0.15) is 16.7 Å². The fourth-order valence-electron chi connectivity index (χ4n) is 3.42. The molecule has 31 heavy (non-hydrogen) atoms. The summed E-state index contributed by atoms with van der Waals surface area (Å²) >= 11 is 7.63. The van der Waals surface area contributed by atoms with Gasteiger partial charge in [-0.05, 0) is 36.2 Å². The molecule has 1 aliphatic heterocycles. The van der Waals surface area contributed by atoms with Crippen molar-refractivity contribution < 1.29 is 14.3 Å². The summed E-state index contributed by atoms with van der Waals surface area (Å²) in [6.07, 6.45) is 0. The van der Waals surface area contributed by atoms with Crippen molar-refractivity contribution in [1.82, 2.24) is 0 Å². The molecular formula is C25H20ClNO3S. The number of halogens is 1. The molecule has 0 radical (unpaired) electrons. The van der Waals surface area contributed by atoms with Gasteiger partial charge in [-0.2, -0.15) is 0 Å². The number of aryl methyl sites for hydroxylation is 1. The van der Waals surface area contributed by atoms with Crippen LogP contribution in [0.3, 0.4) is 0 Å². The van der Waals surface area contributed by atoms with Crippen LogP contribution in [-0.2, 0) is 15.3 Å². The first kappa shape index (κ1) is 21.2. The molecule has 0 aromatic heterocycles. The molecule has 0 N–H and O–H groups in total. The fourth-order valence-corrected chi connectivity index (χ4v) is 4.65. The number of hydrogen-bond donors (Lipinski definition) is 0. The van der Waals surface area contributed by atoms with E-state index in [4.69, 9.17) is 16.3 Å². The van der Waals surface area contributed by atoms with E-state index in [0.717, 1.165) is 11.1 Å². The molecule has 0 spiro atoms. The van der Waals surface area contributed by atoms with Crippen molar-refractivity contribution in [2.45, 2.75) is 12.7 Å². The van der Waals surface area contributed by atoms with E-state index in [9.17, 15) is 9.59 Å². The van der Waals surface area contributed by atoms with Gasteiger partial charge in [0.2, 0.25) is 0 Å². The van der Waals surface area contributed by atoms with Crippen molar-refractivity contribution in [1.29, 1.82) is 0 Å². The predicted molar refractivity (Wildman–Crippen MR) is 126 cm³/mol. The van der Waals surface area contributed by atoms with Gasteiger partial charge in [-0.3, -0.25) is 9.59 Å². The summed E-state index contributed by atoms with van der Waals surface area (Å²) in [5.74, 6) is 0.369. The summed E-state index contributed by atoms with van der Waals surface area (Å²) in [4.78, 5) is 28.6. The zero-order valence-corrected chi connectivity index (χ0v) is 18.7. The SMILES string of the molecule is COc1ccccc1C1=C(SCc2ccccc2)C(=O)N(c2ccc(C)c(Cl)c2)C1=O. The van der Waals surface area contributed by atoms with E-state index in [2.05, 4.69) is 0 Å². The maximum Gasteiger partial charge on any atom is 0.272 e. The molecule has 0 atom stereocenters. The Morgan fingerprint density at radius 1 is 0.935 bits per heavy atom. The largest absolute Gasteiger partial charge is 0.496 e. The molecule has 4 nitrogen and oxygen atoms in total. The van der Waals surface area contributed by atoms with Crippen molar-refractivity contribution in [3.8, 4) is 5.75 Å². The van der Waals surface area contributed by atoms with E-state index in [1.165, 1.54) is 16.7 Å². The maximum absolute atomic E-state index is 13.5. The lowest BCUT2D eigenvalue weighted by Crippen LogP contribution is -2.31. The number of hydrogen-bond acceptors (Lipinski definition) is 4. The van der Waals surface area contributed by atoms with E-state index >= 15 is 0 Å². The van der Waals surface area contributed by atoms with Crippen LogP contribution >= 0.6 is 23.4 Å². The summed E-state index contributed by atoms with van der Waals surface area (Å²) in [7, 11) is 1.55. The molecule has 0 saturated carbocycles. The number of benzene rings is 3. The van der Waals surface area contributed by atoms with Crippen molar-refractivity contribution in [3.05, 3.63) is 99.4 Å². The van der Waals surface area contributed by atoms with Gasteiger partial charge in [0.15, 0.2) is 0 Å². The van der Waals surface area contributed by atoms with Crippen LogP contribution in [0.2, 0.25) is 5.02 Å². The molecule has 4 rings (SSSR count). The molecule has 6 heteroatoms. The smallest absolute Gasteiger partial charge is 0.272 e. The van der Waals surface area contributed by atoms with Crippen LogP contribution in [-0.4, -0.2) is 18.9 Å². The van der Waals surface area contributed by atoms with E-state index in [0.29, 0.717) is 38.3 Å². The standard InChI is InChI=1S/C25H20ClNO3S/c1-16-12-13-18(14-20(16)26)27-24(28)22(19-10-6-7-11-21(19)30-2)23(25(27)29)31-15-17-8-4-3-5-9-17/h3-14H,15H2,1-2H3. The van der Waals surface area contributed by atoms with Crippen LogP contribution in [0.15, 0.2) is 77.7 Å². The van der Waals surface area contributed by atoms with E-state index in [1.807, 2.05) is 49.4 Å². The van der Waals surface area contributed by atoms with E-state index < -0.39 is 0 Å². The lowest BCUT2D eigenvalue weighted by atomic mass is 10.0. The first-order valence-corrected chi connectivity index (χ1v) is 11.1. The predicted octanol–water partition coefficient (Wildman–Crippen LogP) is 5.87. The molecule has 1 heterocycles. The molecular weight excluding hydrogens is 430 g/mol. The molecule has 1 aliphatic rings. The van der Waals surface area contributed by atoms with Gasteiger partial charge in [-0.1, -0.05) is 66.2 Å². The Balaban J connectivity index is 1.79. The van der Waals surface area contributed by atoms with Crippen molar-refractivity contribution in [2.24, 2.45) is 0 Å². The van der Waals surface area contributed by atoms with Gasteiger partial charge in [0.1, 0.15) is 5.75 Å². The molecule has 2 amide bonds. The van der Waals surface area contributed by atoms with Crippen molar-refractivity contribution in [3.63, 3.8) is 0 Å². The zero-order valence-electron chi connectivity index (χ0n) is 17.1. The Bertz CT molecular complexity index is 1190. The number of carbonyl (C=O) groups is 2. The number of anilines is 1. The Hall–Kier alpha value is -3.02.